The number of hydrogen-bond donors (Lipinski definition) is 2. The van der Waals surface area contributed by atoms with Crippen molar-refractivity contribution in [1.29, 1.82) is 0 Å². The Bertz CT molecular complexity index is 507. The molecule has 0 saturated carbocycles. The molecule has 0 spiro atoms. The molecule has 0 atom stereocenters. The van der Waals surface area contributed by atoms with Gasteiger partial charge in [-0.15, -0.1) is 0 Å². The van der Waals surface area contributed by atoms with Gasteiger partial charge in [0.2, 0.25) is 0 Å². The lowest BCUT2D eigenvalue weighted by molar-refractivity contribution is -0.150. The van der Waals surface area contributed by atoms with Crippen LogP contribution in [0.3, 0.4) is 0 Å². The molecule has 1 fully saturated rings. The fourth-order valence-electron chi connectivity index (χ4n) is 2.14. The van der Waals surface area contributed by atoms with Crippen LogP contribution >= 0.6 is 0 Å². The smallest absolute Gasteiger partial charge is 0.309 e. The topological polar surface area (TPSA) is 90.7 Å². The molecular formula is C13H16N2O4. The summed E-state index contributed by atoms with van der Waals surface area (Å²) < 4.78 is 0. The molecule has 1 amide bonds. The molecule has 1 aliphatic heterocycles. The van der Waals surface area contributed by atoms with E-state index < -0.39 is 11.4 Å². The summed E-state index contributed by atoms with van der Waals surface area (Å²) in [5.74, 6) is -1.10. The number of carboxylic acid groups (broad SMARTS) is 1. The average Bonchev–Trinajstić information content (AvgIpc) is 2.38. The maximum absolute atomic E-state index is 12.2. The Morgan fingerprint density at radius 3 is 2.47 bits per heavy atom. The van der Waals surface area contributed by atoms with E-state index in [9.17, 15) is 14.7 Å². The van der Waals surface area contributed by atoms with Crippen molar-refractivity contribution in [1.82, 2.24) is 9.88 Å². The number of aliphatic carboxylic acids is 1. The highest BCUT2D eigenvalue weighted by Crippen LogP contribution is 2.31. The standard InChI is InChI=1S/C13H16N2O4/c1-13(12(18)19)2-4-15(5-3-13)11(17)9-6-10(16)8-14-7-9/h6-8,16H,2-5H2,1H3,(H,18,19). The zero-order valence-electron chi connectivity index (χ0n) is 10.7. The fraction of sp³-hybridized carbons (Fsp3) is 0.462. The minimum absolute atomic E-state index is 0.0572. The first-order chi connectivity index (χ1) is 8.92. The molecular weight excluding hydrogens is 248 g/mol. The van der Waals surface area contributed by atoms with Crippen LogP contribution < -0.4 is 0 Å². The summed E-state index contributed by atoms with van der Waals surface area (Å²) in [6.07, 6.45) is 3.52. The number of likely N-dealkylation sites (tertiary alicyclic amines) is 1. The molecule has 2 N–H and O–H groups in total. The maximum atomic E-state index is 12.2. The van der Waals surface area contributed by atoms with E-state index in [0.29, 0.717) is 31.5 Å². The summed E-state index contributed by atoms with van der Waals surface area (Å²) in [4.78, 5) is 28.6. The van der Waals surface area contributed by atoms with Crippen LogP contribution in [-0.2, 0) is 4.79 Å². The SMILES string of the molecule is CC1(C(=O)O)CCN(C(=O)c2cncc(O)c2)CC1. The minimum atomic E-state index is -0.821. The number of carboxylic acids is 1. The van der Waals surface area contributed by atoms with Gasteiger partial charge in [0.15, 0.2) is 0 Å². The van der Waals surface area contributed by atoms with E-state index in [-0.39, 0.29) is 11.7 Å². The van der Waals surface area contributed by atoms with Crippen molar-refractivity contribution >= 4 is 11.9 Å². The monoisotopic (exact) mass is 264 g/mol. The number of amides is 1. The van der Waals surface area contributed by atoms with Gasteiger partial charge >= 0.3 is 5.97 Å². The Kier molecular flexibility index (Phi) is 3.42. The summed E-state index contributed by atoms with van der Waals surface area (Å²) in [7, 11) is 0. The third kappa shape index (κ3) is 2.67. The van der Waals surface area contributed by atoms with Gasteiger partial charge in [-0.1, -0.05) is 0 Å². The first-order valence-corrected chi connectivity index (χ1v) is 6.09. The minimum Gasteiger partial charge on any atom is -0.506 e. The summed E-state index contributed by atoms with van der Waals surface area (Å²) in [6, 6.07) is 1.36. The quantitative estimate of drug-likeness (QED) is 0.835. The Morgan fingerprint density at radius 2 is 1.95 bits per heavy atom. The number of pyridine rings is 1. The second-order valence-corrected chi connectivity index (χ2v) is 5.09. The summed E-state index contributed by atoms with van der Waals surface area (Å²) in [6.45, 7) is 2.50. The molecule has 19 heavy (non-hydrogen) atoms. The van der Waals surface area contributed by atoms with Crippen LogP contribution in [0.15, 0.2) is 18.5 Å². The number of carbonyl (C=O) groups excluding carboxylic acids is 1. The van der Waals surface area contributed by atoms with Crippen LogP contribution in [0.5, 0.6) is 5.75 Å². The summed E-state index contributed by atoms with van der Waals surface area (Å²) >= 11 is 0. The number of aromatic nitrogens is 1. The molecule has 102 valence electrons. The van der Waals surface area contributed by atoms with Crippen LogP contribution in [0, 0.1) is 5.41 Å². The molecule has 1 aliphatic rings. The number of piperidine rings is 1. The van der Waals surface area contributed by atoms with E-state index in [0.717, 1.165) is 0 Å². The molecule has 6 heteroatoms. The third-order valence-corrected chi connectivity index (χ3v) is 3.64. The van der Waals surface area contributed by atoms with E-state index in [1.807, 2.05) is 0 Å². The number of carbonyl (C=O) groups is 2. The van der Waals surface area contributed by atoms with Crippen molar-refractivity contribution in [2.24, 2.45) is 5.41 Å². The lowest BCUT2D eigenvalue weighted by Gasteiger charge is -2.36. The second-order valence-electron chi connectivity index (χ2n) is 5.09. The molecule has 0 unspecified atom stereocenters. The average molecular weight is 264 g/mol. The van der Waals surface area contributed by atoms with Crippen LogP contribution in [-0.4, -0.2) is 45.1 Å². The Hall–Kier alpha value is -2.11. The van der Waals surface area contributed by atoms with E-state index in [2.05, 4.69) is 4.98 Å². The van der Waals surface area contributed by atoms with Crippen LogP contribution in [0.2, 0.25) is 0 Å². The summed E-state index contributed by atoms with van der Waals surface area (Å²) in [5, 5.41) is 18.4. The van der Waals surface area contributed by atoms with Gasteiger partial charge in [-0.2, -0.15) is 0 Å². The van der Waals surface area contributed by atoms with Crippen LogP contribution in [0.4, 0.5) is 0 Å². The van der Waals surface area contributed by atoms with E-state index in [1.54, 1.807) is 11.8 Å². The van der Waals surface area contributed by atoms with Crippen molar-refractivity contribution in [3.63, 3.8) is 0 Å². The molecule has 2 heterocycles. The lowest BCUT2D eigenvalue weighted by atomic mass is 9.80. The highest BCUT2D eigenvalue weighted by atomic mass is 16.4. The van der Waals surface area contributed by atoms with Gasteiger partial charge in [-0.25, -0.2) is 0 Å². The zero-order chi connectivity index (χ0) is 14.0. The highest BCUT2D eigenvalue weighted by Gasteiger charge is 2.38. The maximum Gasteiger partial charge on any atom is 0.309 e. The molecule has 0 aromatic carbocycles. The molecule has 1 aromatic rings. The van der Waals surface area contributed by atoms with E-state index in [4.69, 9.17) is 5.11 Å². The number of rotatable bonds is 2. The molecule has 1 aromatic heterocycles. The van der Waals surface area contributed by atoms with Crippen molar-refractivity contribution in [3.8, 4) is 5.75 Å². The summed E-state index contributed by atoms with van der Waals surface area (Å²) in [5.41, 5.74) is -0.438. The first kappa shape index (κ1) is 13.3. The zero-order valence-corrected chi connectivity index (χ0v) is 10.7. The highest BCUT2D eigenvalue weighted by molar-refractivity contribution is 5.94. The van der Waals surface area contributed by atoms with Gasteiger partial charge in [0.05, 0.1) is 17.2 Å². The van der Waals surface area contributed by atoms with Gasteiger partial charge in [-0.05, 0) is 25.8 Å². The normalized spacial score (nSPS) is 18.1. The predicted molar refractivity (Wildman–Crippen MR) is 66.8 cm³/mol. The van der Waals surface area contributed by atoms with Gasteiger partial charge in [-0.3, -0.25) is 14.6 Å². The number of aromatic hydroxyl groups is 1. The van der Waals surface area contributed by atoms with Crippen molar-refractivity contribution in [3.05, 3.63) is 24.0 Å². The molecule has 2 rings (SSSR count). The van der Waals surface area contributed by atoms with E-state index in [1.165, 1.54) is 18.5 Å². The number of nitrogens with zero attached hydrogens (tertiary/aromatic N) is 2. The van der Waals surface area contributed by atoms with Gasteiger partial charge < -0.3 is 15.1 Å². The molecule has 1 saturated heterocycles. The van der Waals surface area contributed by atoms with E-state index >= 15 is 0 Å². The Balaban J connectivity index is 2.06. The predicted octanol–water partition coefficient (Wildman–Crippen LogP) is 1.11. The Morgan fingerprint density at radius 1 is 1.32 bits per heavy atom. The van der Waals surface area contributed by atoms with Gasteiger partial charge in [0, 0.05) is 19.3 Å². The fourth-order valence-corrected chi connectivity index (χ4v) is 2.14. The largest absolute Gasteiger partial charge is 0.506 e. The molecule has 0 aliphatic carbocycles. The van der Waals surface area contributed by atoms with Crippen molar-refractivity contribution in [2.75, 3.05) is 13.1 Å². The number of hydrogen-bond acceptors (Lipinski definition) is 4. The molecule has 0 radical (unpaired) electrons. The van der Waals surface area contributed by atoms with Crippen molar-refractivity contribution < 1.29 is 19.8 Å². The first-order valence-electron chi connectivity index (χ1n) is 6.09. The van der Waals surface area contributed by atoms with Crippen LogP contribution in [0.1, 0.15) is 30.1 Å². The van der Waals surface area contributed by atoms with Gasteiger partial charge in [0.1, 0.15) is 5.75 Å². The molecule has 0 bridgehead atoms. The third-order valence-electron chi connectivity index (χ3n) is 3.64. The second kappa shape index (κ2) is 4.87. The van der Waals surface area contributed by atoms with Gasteiger partial charge in [0.25, 0.3) is 5.91 Å². The van der Waals surface area contributed by atoms with Crippen LogP contribution in [0.25, 0.3) is 0 Å². The molecule has 6 nitrogen and oxygen atoms in total. The lowest BCUT2D eigenvalue weighted by Crippen LogP contribution is -2.45. The Labute approximate surface area is 110 Å². The van der Waals surface area contributed by atoms with Crippen molar-refractivity contribution in [2.45, 2.75) is 19.8 Å².